The highest BCUT2D eigenvalue weighted by atomic mass is 35.5. The van der Waals surface area contributed by atoms with E-state index in [4.69, 9.17) is 27.9 Å². The number of amides is 1. The Balaban J connectivity index is 1.80. The van der Waals surface area contributed by atoms with Crippen LogP contribution in [0.2, 0.25) is 10.0 Å². The van der Waals surface area contributed by atoms with Crippen LogP contribution in [0.1, 0.15) is 5.56 Å². The summed E-state index contributed by atoms with van der Waals surface area (Å²) in [6.45, 7) is 0. The average molecular weight is 495 g/mol. The maximum Gasteiger partial charge on any atom is 0.269 e. The summed E-state index contributed by atoms with van der Waals surface area (Å²) in [6.07, 6.45) is 2.56. The first-order chi connectivity index (χ1) is 16.4. The van der Waals surface area contributed by atoms with Crippen LogP contribution in [-0.2, 0) is 4.79 Å². The number of carbonyl (C=O) groups is 1. The van der Waals surface area contributed by atoms with Crippen molar-refractivity contribution in [1.29, 1.82) is 5.26 Å². The van der Waals surface area contributed by atoms with E-state index in [2.05, 4.69) is 10.3 Å². The first kappa shape index (κ1) is 23.0. The molecule has 4 rings (SSSR count). The van der Waals surface area contributed by atoms with Gasteiger partial charge in [0.1, 0.15) is 34.4 Å². The van der Waals surface area contributed by atoms with E-state index in [9.17, 15) is 19.2 Å². The quantitative estimate of drug-likeness (QED) is 0.292. The topological polar surface area (TPSA) is 96.5 Å². The fourth-order valence-electron chi connectivity index (χ4n) is 2.98. The third kappa shape index (κ3) is 4.76. The number of halogens is 3. The molecule has 0 atom stereocenters. The molecule has 0 radical (unpaired) electrons. The fourth-order valence-corrected chi connectivity index (χ4v) is 3.33. The van der Waals surface area contributed by atoms with Crippen molar-refractivity contribution < 1.29 is 13.9 Å². The number of nitriles is 1. The number of benzene rings is 2. The molecule has 2 aromatic carbocycles. The zero-order valence-electron chi connectivity index (χ0n) is 17.1. The largest absolute Gasteiger partial charge is 0.438 e. The molecule has 1 amide bonds. The molecule has 0 bridgehead atoms. The van der Waals surface area contributed by atoms with Gasteiger partial charge in [-0.15, -0.1) is 0 Å². The smallest absolute Gasteiger partial charge is 0.269 e. The minimum atomic E-state index is -0.822. The molecule has 0 saturated heterocycles. The summed E-state index contributed by atoms with van der Waals surface area (Å²) >= 11 is 12.1. The van der Waals surface area contributed by atoms with Crippen LogP contribution in [0.15, 0.2) is 77.2 Å². The van der Waals surface area contributed by atoms with Gasteiger partial charge in [-0.2, -0.15) is 10.2 Å². The van der Waals surface area contributed by atoms with Crippen molar-refractivity contribution in [3.05, 3.63) is 104 Å². The molecule has 2 heterocycles. The van der Waals surface area contributed by atoms with Crippen LogP contribution < -0.4 is 15.6 Å². The molecule has 0 aliphatic heterocycles. The molecule has 168 valence electrons. The van der Waals surface area contributed by atoms with E-state index in [-0.39, 0.29) is 38.6 Å². The molecule has 0 aliphatic rings. The van der Waals surface area contributed by atoms with E-state index < -0.39 is 22.9 Å². The number of aromatic nitrogens is 2. The number of carbonyl (C=O) groups excluding carboxylic acids is 1. The lowest BCUT2D eigenvalue weighted by molar-refractivity contribution is -0.112. The number of nitrogens with zero attached hydrogens (tertiary/aromatic N) is 3. The van der Waals surface area contributed by atoms with Gasteiger partial charge in [-0.1, -0.05) is 35.3 Å². The third-order valence-corrected chi connectivity index (χ3v) is 5.43. The van der Waals surface area contributed by atoms with Gasteiger partial charge in [-0.05, 0) is 54.6 Å². The molecule has 0 aliphatic carbocycles. The Labute approximate surface area is 202 Å². The van der Waals surface area contributed by atoms with Crippen LogP contribution in [0.4, 0.5) is 10.1 Å². The molecule has 34 heavy (non-hydrogen) atoms. The van der Waals surface area contributed by atoms with Gasteiger partial charge in [0, 0.05) is 6.20 Å². The summed E-state index contributed by atoms with van der Waals surface area (Å²) in [5.41, 5.74) is -0.678. The molecule has 10 heteroatoms. The van der Waals surface area contributed by atoms with Gasteiger partial charge in [-0.25, -0.2) is 4.39 Å². The standard InChI is InChI=1S/C24H13Cl2FN4O3/c25-18-4-3-5-19(21(18)26)29-22(32)14(13-28)12-17-23(34-16-9-7-15(27)8-10-16)30-20-6-1-2-11-31(20)24(17)33/h1-12H,(H,29,32)/b14-12-. The summed E-state index contributed by atoms with van der Waals surface area (Å²) in [5.74, 6) is -1.25. The summed E-state index contributed by atoms with van der Waals surface area (Å²) < 4.78 is 20.2. The van der Waals surface area contributed by atoms with Crippen LogP contribution in [0, 0.1) is 17.1 Å². The maximum atomic E-state index is 13.3. The minimum absolute atomic E-state index is 0.0996. The highest BCUT2D eigenvalue weighted by Gasteiger charge is 2.18. The predicted molar refractivity (Wildman–Crippen MR) is 127 cm³/mol. The summed E-state index contributed by atoms with van der Waals surface area (Å²) in [6, 6.07) is 16.4. The molecular weight excluding hydrogens is 482 g/mol. The maximum absolute atomic E-state index is 13.3. The van der Waals surface area contributed by atoms with Gasteiger partial charge < -0.3 is 10.1 Å². The van der Waals surface area contributed by atoms with E-state index in [1.54, 1.807) is 36.4 Å². The van der Waals surface area contributed by atoms with Crippen LogP contribution in [-0.4, -0.2) is 15.3 Å². The Bertz CT molecular complexity index is 1540. The van der Waals surface area contributed by atoms with Crippen LogP contribution in [0.25, 0.3) is 11.7 Å². The van der Waals surface area contributed by atoms with Gasteiger partial charge in [0.25, 0.3) is 11.5 Å². The van der Waals surface area contributed by atoms with Crippen molar-refractivity contribution in [1.82, 2.24) is 9.38 Å². The number of nitrogens with one attached hydrogen (secondary N) is 1. The number of fused-ring (bicyclic) bond motifs is 1. The lowest BCUT2D eigenvalue weighted by Crippen LogP contribution is -2.20. The molecule has 0 unspecified atom stereocenters. The zero-order valence-corrected chi connectivity index (χ0v) is 18.6. The van der Waals surface area contributed by atoms with Gasteiger partial charge in [0.2, 0.25) is 5.88 Å². The Morgan fingerprint density at radius 3 is 2.62 bits per heavy atom. The fraction of sp³-hybridized carbons (Fsp3) is 0. The summed E-state index contributed by atoms with van der Waals surface area (Å²) in [4.78, 5) is 30.3. The van der Waals surface area contributed by atoms with Crippen molar-refractivity contribution in [2.75, 3.05) is 5.32 Å². The van der Waals surface area contributed by atoms with Crippen molar-refractivity contribution >= 4 is 46.5 Å². The SMILES string of the molecule is N#C/C(=C/c1c(Oc2ccc(F)cc2)nc2ccccn2c1=O)C(=O)Nc1cccc(Cl)c1Cl. The first-order valence-corrected chi connectivity index (χ1v) is 10.4. The van der Waals surface area contributed by atoms with Gasteiger partial charge in [0.15, 0.2) is 0 Å². The second-order valence-corrected chi connectivity index (χ2v) is 7.63. The number of hydrogen-bond acceptors (Lipinski definition) is 5. The zero-order chi connectivity index (χ0) is 24.2. The third-order valence-electron chi connectivity index (χ3n) is 4.62. The molecule has 0 fully saturated rings. The molecule has 0 saturated carbocycles. The Morgan fingerprint density at radius 2 is 1.88 bits per heavy atom. The van der Waals surface area contributed by atoms with Crippen LogP contribution >= 0.6 is 23.2 Å². The normalized spacial score (nSPS) is 11.2. The first-order valence-electron chi connectivity index (χ1n) is 9.69. The number of anilines is 1. The Hall–Kier alpha value is -4.19. The lowest BCUT2D eigenvalue weighted by Gasteiger charge is -2.11. The van der Waals surface area contributed by atoms with Crippen LogP contribution in [0.3, 0.4) is 0 Å². The molecule has 1 N–H and O–H groups in total. The molecule has 4 aromatic rings. The van der Waals surface area contributed by atoms with E-state index in [1.165, 1.54) is 40.9 Å². The second-order valence-electron chi connectivity index (χ2n) is 6.85. The number of pyridine rings is 1. The van der Waals surface area contributed by atoms with E-state index in [1.807, 2.05) is 0 Å². The lowest BCUT2D eigenvalue weighted by atomic mass is 10.1. The van der Waals surface area contributed by atoms with E-state index in [0.29, 0.717) is 0 Å². The molecule has 2 aromatic heterocycles. The van der Waals surface area contributed by atoms with E-state index >= 15 is 0 Å². The monoisotopic (exact) mass is 494 g/mol. The van der Waals surface area contributed by atoms with Crippen molar-refractivity contribution in [3.8, 4) is 17.7 Å². The number of ether oxygens (including phenoxy) is 1. The van der Waals surface area contributed by atoms with Crippen molar-refractivity contribution in [3.63, 3.8) is 0 Å². The van der Waals surface area contributed by atoms with E-state index in [0.717, 1.165) is 6.08 Å². The summed E-state index contributed by atoms with van der Waals surface area (Å²) in [7, 11) is 0. The minimum Gasteiger partial charge on any atom is -0.438 e. The second kappa shape index (κ2) is 9.75. The predicted octanol–water partition coefficient (Wildman–Crippen LogP) is 5.48. The van der Waals surface area contributed by atoms with Crippen molar-refractivity contribution in [2.24, 2.45) is 0 Å². The molecular formula is C24H13Cl2FN4O3. The summed E-state index contributed by atoms with van der Waals surface area (Å²) in [5, 5.41) is 12.4. The molecule has 0 spiro atoms. The number of hydrogen-bond donors (Lipinski definition) is 1. The average Bonchev–Trinajstić information content (AvgIpc) is 2.83. The van der Waals surface area contributed by atoms with Gasteiger partial charge in [-0.3, -0.25) is 14.0 Å². The highest BCUT2D eigenvalue weighted by Crippen LogP contribution is 2.30. The van der Waals surface area contributed by atoms with Crippen LogP contribution in [0.5, 0.6) is 11.6 Å². The Kier molecular flexibility index (Phi) is 6.59. The highest BCUT2D eigenvalue weighted by molar-refractivity contribution is 6.44. The number of rotatable bonds is 5. The van der Waals surface area contributed by atoms with Gasteiger partial charge >= 0.3 is 0 Å². The van der Waals surface area contributed by atoms with Gasteiger partial charge in [0.05, 0.1) is 15.7 Å². The Morgan fingerprint density at radius 1 is 1.12 bits per heavy atom. The molecule has 7 nitrogen and oxygen atoms in total. The van der Waals surface area contributed by atoms with Crippen molar-refractivity contribution in [2.45, 2.75) is 0 Å².